The average Bonchev–Trinajstić information content (AvgIpc) is 2.77. The van der Waals surface area contributed by atoms with E-state index in [1.165, 1.54) is 12.1 Å². The molecule has 33 heavy (non-hydrogen) atoms. The Kier molecular flexibility index (Phi) is 8.60. The number of hydrogen-bond acceptors (Lipinski definition) is 7. The second-order valence-corrected chi connectivity index (χ2v) is 6.65. The number of aromatic carboxylic acids is 4. The molecule has 0 bridgehead atoms. The van der Waals surface area contributed by atoms with Crippen LogP contribution in [0.3, 0.4) is 0 Å². The van der Waals surface area contributed by atoms with Crippen LogP contribution >= 0.6 is 0 Å². The van der Waals surface area contributed by atoms with Gasteiger partial charge >= 0.3 is 23.9 Å². The summed E-state index contributed by atoms with van der Waals surface area (Å²) in [6.45, 7) is 0.244. The van der Waals surface area contributed by atoms with Crippen LogP contribution in [0.25, 0.3) is 0 Å². The van der Waals surface area contributed by atoms with Crippen molar-refractivity contribution < 1.29 is 49.2 Å². The van der Waals surface area contributed by atoms with Gasteiger partial charge in [0.1, 0.15) is 0 Å². The third-order valence-corrected chi connectivity index (χ3v) is 4.40. The van der Waals surface area contributed by atoms with E-state index in [4.69, 9.17) is 15.1 Å². The van der Waals surface area contributed by atoms with Crippen molar-refractivity contribution >= 4 is 29.8 Å². The predicted octanol–water partition coefficient (Wildman–Crippen LogP) is 1.32. The molecule has 0 saturated carbocycles. The first-order valence-corrected chi connectivity index (χ1v) is 9.44. The lowest BCUT2D eigenvalue weighted by Gasteiger charge is -2.10. The summed E-state index contributed by atoms with van der Waals surface area (Å²) in [6, 6.07) is 6.80. The van der Waals surface area contributed by atoms with Crippen molar-refractivity contribution in [1.29, 1.82) is 0 Å². The highest BCUT2D eigenvalue weighted by molar-refractivity contribution is 6.06. The molecule has 0 aliphatic heterocycles. The summed E-state index contributed by atoms with van der Waals surface area (Å²) in [5.74, 6) is -5.98. The zero-order valence-corrected chi connectivity index (χ0v) is 17.0. The van der Waals surface area contributed by atoms with Gasteiger partial charge in [-0.2, -0.15) is 0 Å². The number of amides is 1. The fourth-order valence-electron chi connectivity index (χ4n) is 2.75. The molecule has 12 heteroatoms. The van der Waals surface area contributed by atoms with E-state index in [9.17, 15) is 34.2 Å². The summed E-state index contributed by atoms with van der Waals surface area (Å²) >= 11 is 0. The Morgan fingerprint density at radius 3 is 1.85 bits per heavy atom. The summed E-state index contributed by atoms with van der Waals surface area (Å²) < 4.78 is 0. The quantitative estimate of drug-likeness (QED) is 0.197. The van der Waals surface area contributed by atoms with Crippen LogP contribution in [0, 0.1) is 0 Å². The van der Waals surface area contributed by atoms with Gasteiger partial charge in [0.2, 0.25) is 0 Å². The molecule has 0 unspecified atom stereocenters. The highest BCUT2D eigenvalue weighted by Gasteiger charge is 2.19. The number of rotatable bonds is 12. The van der Waals surface area contributed by atoms with Crippen molar-refractivity contribution in [1.82, 2.24) is 10.8 Å². The van der Waals surface area contributed by atoms with E-state index in [1.807, 2.05) is 0 Å². The summed E-state index contributed by atoms with van der Waals surface area (Å²) in [6.07, 6.45) is 0.366. The number of carboxylic acids is 4. The summed E-state index contributed by atoms with van der Waals surface area (Å²) in [7, 11) is 0. The number of nitrogens with one attached hydrogen (secondary N) is 2. The second kappa shape index (κ2) is 11.4. The van der Waals surface area contributed by atoms with Crippen LogP contribution in [0.4, 0.5) is 0 Å². The number of carbonyl (C=O) groups is 5. The van der Waals surface area contributed by atoms with Gasteiger partial charge in [0, 0.05) is 13.1 Å². The molecular weight excluding hydrogens is 440 g/mol. The van der Waals surface area contributed by atoms with E-state index in [0.29, 0.717) is 6.42 Å². The molecule has 6 N–H and O–H groups in total. The predicted molar refractivity (Wildman–Crippen MR) is 110 cm³/mol. The van der Waals surface area contributed by atoms with Crippen LogP contribution in [-0.4, -0.2) is 63.3 Å². The molecule has 0 heterocycles. The Balaban J connectivity index is 1.81. The molecule has 0 aromatic heterocycles. The minimum absolute atomic E-state index is 0.141. The van der Waals surface area contributed by atoms with Gasteiger partial charge in [-0.05, 0) is 42.3 Å². The first-order valence-electron chi connectivity index (χ1n) is 9.44. The van der Waals surface area contributed by atoms with Gasteiger partial charge in [-0.15, -0.1) is 0 Å². The smallest absolute Gasteiger partial charge is 0.336 e. The Morgan fingerprint density at radius 2 is 1.27 bits per heavy atom. The zero-order chi connectivity index (χ0) is 24.5. The Bertz CT molecular complexity index is 1100. The molecule has 1 amide bonds. The van der Waals surface area contributed by atoms with Crippen LogP contribution < -0.4 is 10.8 Å². The third kappa shape index (κ3) is 6.85. The molecular formula is C21H20N2O10. The molecule has 2 aromatic rings. The Hall–Kier alpha value is -4.29. The molecule has 0 spiro atoms. The van der Waals surface area contributed by atoms with E-state index < -0.39 is 35.3 Å². The van der Waals surface area contributed by atoms with Gasteiger partial charge in [0.25, 0.3) is 5.91 Å². The van der Waals surface area contributed by atoms with Crippen LogP contribution in [-0.2, 0) is 11.4 Å². The maximum atomic E-state index is 12.2. The number of benzene rings is 2. The summed E-state index contributed by atoms with van der Waals surface area (Å²) in [5, 5.41) is 38.8. The topological polar surface area (TPSA) is 200 Å². The number of carbonyl (C=O) groups excluding carboxylic acids is 1. The summed E-state index contributed by atoms with van der Waals surface area (Å²) in [4.78, 5) is 62.0. The lowest BCUT2D eigenvalue weighted by Crippen LogP contribution is -2.29. The SMILES string of the molecule is O=C(O)c1ccc(CONCCCNC(=O)c2ccc(C(=O)O)cc2C(=O)O)c(C(=O)O)c1. The molecule has 0 aliphatic rings. The normalized spacial score (nSPS) is 10.4. The fraction of sp³-hybridized carbons (Fsp3) is 0.190. The number of carboxylic acid groups (broad SMARTS) is 4. The summed E-state index contributed by atoms with van der Waals surface area (Å²) in [5.41, 5.74) is 1.61. The lowest BCUT2D eigenvalue weighted by molar-refractivity contribution is 0.0267. The molecule has 0 fully saturated rings. The fourth-order valence-corrected chi connectivity index (χ4v) is 2.75. The lowest BCUT2D eigenvalue weighted by atomic mass is 10.0. The molecule has 0 saturated heterocycles. The molecule has 0 radical (unpaired) electrons. The van der Waals surface area contributed by atoms with Gasteiger partial charge in [-0.3, -0.25) is 9.63 Å². The van der Waals surface area contributed by atoms with Crippen LogP contribution in [0.1, 0.15) is 63.8 Å². The van der Waals surface area contributed by atoms with E-state index in [2.05, 4.69) is 10.8 Å². The molecule has 0 atom stereocenters. The van der Waals surface area contributed by atoms with E-state index in [1.54, 1.807) is 0 Å². The van der Waals surface area contributed by atoms with Crippen LogP contribution in [0.15, 0.2) is 36.4 Å². The minimum atomic E-state index is -1.43. The number of hydrogen-bond donors (Lipinski definition) is 6. The van der Waals surface area contributed by atoms with Gasteiger partial charge in [-0.25, -0.2) is 24.7 Å². The van der Waals surface area contributed by atoms with Crippen molar-refractivity contribution in [2.24, 2.45) is 0 Å². The highest BCUT2D eigenvalue weighted by Crippen LogP contribution is 2.14. The largest absolute Gasteiger partial charge is 0.478 e. The van der Waals surface area contributed by atoms with Crippen molar-refractivity contribution in [2.75, 3.05) is 13.1 Å². The Morgan fingerprint density at radius 1 is 0.697 bits per heavy atom. The first-order chi connectivity index (χ1) is 15.6. The molecule has 2 aromatic carbocycles. The molecule has 0 aliphatic carbocycles. The van der Waals surface area contributed by atoms with Crippen LogP contribution in [0.5, 0.6) is 0 Å². The van der Waals surface area contributed by atoms with Crippen molar-refractivity contribution in [3.05, 3.63) is 69.8 Å². The first kappa shape index (κ1) is 25.0. The average molecular weight is 460 g/mol. The van der Waals surface area contributed by atoms with Crippen molar-refractivity contribution in [3.63, 3.8) is 0 Å². The van der Waals surface area contributed by atoms with Crippen molar-refractivity contribution in [2.45, 2.75) is 13.0 Å². The highest BCUT2D eigenvalue weighted by atomic mass is 16.6. The zero-order valence-electron chi connectivity index (χ0n) is 17.0. The molecule has 12 nitrogen and oxygen atoms in total. The second-order valence-electron chi connectivity index (χ2n) is 6.65. The van der Waals surface area contributed by atoms with Gasteiger partial charge in [-0.1, -0.05) is 6.07 Å². The number of hydroxylamine groups is 1. The van der Waals surface area contributed by atoms with Crippen molar-refractivity contribution in [3.8, 4) is 0 Å². The van der Waals surface area contributed by atoms with Gasteiger partial charge < -0.3 is 25.7 Å². The van der Waals surface area contributed by atoms with Gasteiger partial charge in [0.15, 0.2) is 0 Å². The van der Waals surface area contributed by atoms with Gasteiger partial charge in [0.05, 0.1) is 34.4 Å². The Labute approximate surface area is 186 Å². The molecule has 174 valence electrons. The van der Waals surface area contributed by atoms with Crippen LogP contribution in [0.2, 0.25) is 0 Å². The molecule has 2 rings (SSSR count). The monoisotopic (exact) mass is 460 g/mol. The van der Waals surface area contributed by atoms with E-state index >= 15 is 0 Å². The minimum Gasteiger partial charge on any atom is -0.478 e. The standard InChI is InChI=1S/C21H20N2O10/c24-17(14-5-4-12(19(27)28)9-16(14)21(31)32)22-6-1-7-23-33-10-13-3-2-11(18(25)26)8-15(13)20(29)30/h2-5,8-9,23H,1,6-7,10H2,(H,22,24)(H,25,26)(H,27,28)(H,29,30)(H,31,32). The maximum absolute atomic E-state index is 12.2. The maximum Gasteiger partial charge on any atom is 0.336 e. The van der Waals surface area contributed by atoms with E-state index in [-0.39, 0.29) is 47.5 Å². The van der Waals surface area contributed by atoms with E-state index in [0.717, 1.165) is 24.3 Å². The third-order valence-electron chi connectivity index (χ3n) is 4.40.